The largest absolute Gasteiger partial charge is 0.573 e. The van der Waals surface area contributed by atoms with Gasteiger partial charge < -0.3 is 15.2 Å². The average Bonchev–Trinajstić information content (AvgIpc) is 2.37. The van der Waals surface area contributed by atoms with Gasteiger partial charge in [0, 0.05) is 13.5 Å². The molecule has 1 rings (SSSR count). The fraction of sp³-hybridized carbons (Fsp3) is 0.571. The molecule has 0 bridgehead atoms. The van der Waals surface area contributed by atoms with Crippen molar-refractivity contribution in [1.82, 2.24) is 0 Å². The smallest absolute Gasteiger partial charge is 0.406 e. The summed E-state index contributed by atoms with van der Waals surface area (Å²) in [6.07, 6.45) is -3.94. The lowest BCUT2D eigenvalue weighted by molar-refractivity contribution is -0.274. The van der Waals surface area contributed by atoms with E-state index in [-0.39, 0.29) is 25.2 Å². The second-order valence-electron chi connectivity index (χ2n) is 4.84. The highest BCUT2D eigenvalue weighted by Crippen LogP contribution is 2.27. The zero-order chi connectivity index (χ0) is 15.9. The summed E-state index contributed by atoms with van der Waals surface area (Å²) in [7, 11) is 1.40. The van der Waals surface area contributed by atoms with Crippen LogP contribution in [0, 0.1) is 0 Å². The Hall–Kier alpha value is -1.34. The molecule has 7 heteroatoms. The van der Waals surface area contributed by atoms with Crippen molar-refractivity contribution in [3.8, 4) is 5.75 Å². The zero-order valence-corrected chi connectivity index (χ0v) is 11.8. The van der Waals surface area contributed by atoms with Crippen LogP contribution in [-0.4, -0.2) is 32.3 Å². The van der Waals surface area contributed by atoms with Crippen molar-refractivity contribution in [3.05, 3.63) is 29.8 Å². The molecular formula is C14H19F4NO2. The molecule has 0 fully saturated rings. The molecule has 120 valence electrons. The first-order chi connectivity index (χ1) is 9.78. The maximum atomic E-state index is 14.6. The summed E-state index contributed by atoms with van der Waals surface area (Å²) >= 11 is 0. The van der Waals surface area contributed by atoms with Crippen LogP contribution in [0.25, 0.3) is 0 Å². The van der Waals surface area contributed by atoms with Crippen molar-refractivity contribution in [1.29, 1.82) is 0 Å². The average molecular weight is 309 g/mol. The molecule has 2 N–H and O–H groups in total. The van der Waals surface area contributed by atoms with Crippen LogP contribution in [0.5, 0.6) is 5.75 Å². The maximum absolute atomic E-state index is 14.6. The molecule has 0 amide bonds. The summed E-state index contributed by atoms with van der Waals surface area (Å²) in [6, 6.07) is 5.15. The van der Waals surface area contributed by atoms with Crippen LogP contribution in [0.2, 0.25) is 0 Å². The Bertz CT molecular complexity index is 422. The van der Waals surface area contributed by atoms with E-state index in [0.717, 1.165) is 0 Å². The Labute approximate surface area is 121 Å². The molecule has 0 heterocycles. The molecule has 1 unspecified atom stereocenters. The van der Waals surface area contributed by atoms with Crippen LogP contribution in [-0.2, 0) is 11.2 Å². The molecule has 1 aromatic rings. The Morgan fingerprint density at radius 2 is 1.71 bits per heavy atom. The van der Waals surface area contributed by atoms with Crippen LogP contribution in [0.3, 0.4) is 0 Å². The summed E-state index contributed by atoms with van der Waals surface area (Å²) in [6.45, 7) is 0.279. The third-order valence-electron chi connectivity index (χ3n) is 2.91. The van der Waals surface area contributed by atoms with Gasteiger partial charge in [0.25, 0.3) is 0 Å². The van der Waals surface area contributed by atoms with Gasteiger partial charge in [0.1, 0.15) is 11.4 Å². The van der Waals surface area contributed by atoms with E-state index in [2.05, 4.69) is 4.74 Å². The minimum Gasteiger partial charge on any atom is -0.406 e. The van der Waals surface area contributed by atoms with Crippen LogP contribution in [0.1, 0.15) is 18.4 Å². The normalized spacial score (nSPS) is 14.8. The summed E-state index contributed by atoms with van der Waals surface area (Å²) in [4.78, 5) is 0. The maximum Gasteiger partial charge on any atom is 0.573 e. The van der Waals surface area contributed by atoms with Crippen LogP contribution in [0.4, 0.5) is 17.6 Å². The summed E-state index contributed by atoms with van der Waals surface area (Å²) in [5.41, 5.74) is 4.36. The first-order valence-electron chi connectivity index (χ1n) is 6.50. The number of hydrogen-bond acceptors (Lipinski definition) is 3. The number of nitrogens with two attached hydrogens (primary N) is 1. The monoisotopic (exact) mass is 309 g/mol. The van der Waals surface area contributed by atoms with Gasteiger partial charge in [-0.25, -0.2) is 4.39 Å². The van der Waals surface area contributed by atoms with E-state index in [0.29, 0.717) is 18.5 Å². The Morgan fingerprint density at radius 3 is 2.19 bits per heavy atom. The molecule has 0 aliphatic rings. The van der Waals surface area contributed by atoms with Crippen molar-refractivity contribution in [2.45, 2.75) is 31.3 Å². The molecule has 21 heavy (non-hydrogen) atoms. The van der Waals surface area contributed by atoms with Crippen molar-refractivity contribution in [2.24, 2.45) is 5.73 Å². The lowest BCUT2D eigenvalue weighted by Gasteiger charge is -2.24. The van der Waals surface area contributed by atoms with Crippen LogP contribution >= 0.6 is 0 Å². The van der Waals surface area contributed by atoms with Gasteiger partial charge in [-0.3, -0.25) is 0 Å². The highest BCUT2D eigenvalue weighted by molar-refractivity contribution is 5.28. The molecule has 0 saturated carbocycles. The zero-order valence-electron chi connectivity index (χ0n) is 11.8. The van der Waals surface area contributed by atoms with E-state index in [1.54, 1.807) is 0 Å². The van der Waals surface area contributed by atoms with Crippen molar-refractivity contribution >= 4 is 0 Å². The van der Waals surface area contributed by atoms with E-state index < -0.39 is 12.0 Å². The molecule has 3 nitrogen and oxygen atoms in total. The molecular weight excluding hydrogens is 290 g/mol. The quantitative estimate of drug-likeness (QED) is 0.750. The summed E-state index contributed by atoms with van der Waals surface area (Å²) in [5, 5.41) is 0. The first kappa shape index (κ1) is 17.7. The van der Waals surface area contributed by atoms with Gasteiger partial charge in [0.15, 0.2) is 0 Å². The minimum absolute atomic E-state index is 0.0487. The van der Waals surface area contributed by atoms with E-state index in [1.165, 1.54) is 31.4 Å². The standard InChI is InChI=1S/C14H19F4NO2/c1-20-10-13(15,7-2-8-19)9-11-3-5-12(6-4-11)21-14(16,17)18/h3-6H,2,7-10,19H2,1H3. The highest BCUT2D eigenvalue weighted by atomic mass is 19.4. The number of ether oxygens (including phenoxy) is 2. The topological polar surface area (TPSA) is 44.5 Å². The lowest BCUT2D eigenvalue weighted by atomic mass is 9.92. The van der Waals surface area contributed by atoms with Gasteiger partial charge in [-0.2, -0.15) is 0 Å². The predicted molar refractivity (Wildman–Crippen MR) is 70.8 cm³/mol. The van der Waals surface area contributed by atoms with Gasteiger partial charge in [-0.05, 0) is 37.1 Å². The predicted octanol–water partition coefficient (Wildman–Crippen LogP) is 3.22. The van der Waals surface area contributed by atoms with Crippen LogP contribution in [0.15, 0.2) is 24.3 Å². The van der Waals surface area contributed by atoms with Gasteiger partial charge in [0.2, 0.25) is 0 Å². The molecule has 0 aliphatic carbocycles. The third-order valence-corrected chi connectivity index (χ3v) is 2.91. The molecule has 0 spiro atoms. The van der Waals surface area contributed by atoms with E-state index >= 15 is 0 Å². The molecule has 0 saturated heterocycles. The molecule has 1 aromatic carbocycles. The van der Waals surface area contributed by atoms with Gasteiger partial charge in [0.05, 0.1) is 6.61 Å². The fourth-order valence-electron chi connectivity index (χ4n) is 2.06. The second kappa shape index (κ2) is 7.61. The number of benzene rings is 1. The first-order valence-corrected chi connectivity index (χ1v) is 6.50. The number of halogens is 4. The van der Waals surface area contributed by atoms with E-state index in [1.807, 2.05) is 0 Å². The van der Waals surface area contributed by atoms with Gasteiger partial charge in [-0.15, -0.1) is 13.2 Å². The Balaban J connectivity index is 2.71. The second-order valence-corrected chi connectivity index (χ2v) is 4.84. The van der Waals surface area contributed by atoms with E-state index in [9.17, 15) is 17.6 Å². The van der Waals surface area contributed by atoms with Crippen molar-refractivity contribution in [3.63, 3.8) is 0 Å². The lowest BCUT2D eigenvalue weighted by Crippen LogP contribution is -2.32. The van der Waals surface area contributed by atoms with Crippen molar-refractivity contribution < 1.29 is 27.0 Å². The van der Waals surface area contributed by atoms with Crippen LogP contribution < -0.4 is 10.5 Å². The SMILES string of the molecule is COCC(F)(CCCN)Cc1ccc(OC(F)(F)F)cc1. The Kier molecular flexibility index (Phi) is 6.42. The van der Waals surface area contributed by atoms with Crippen molar-refractivity contribution in [2.75, 3.05) is 20.3 Å². The van der Waals surface area contributed by atoms with E-state index in [4.69, 9.17) is 10.5 Å². The summed E-state index contributed by atoms with van der Waals surface area (Å²) in [5.74, 6) is -0.329. The number of hydrogen-bond donors (Lipinski definition) is 1. The summed E-state index contributed by atoms with van der Waals surface area (Å²) < 4.78 is 59.4. The molecule has 0 radical (unpaired) electrons. The molecule has 0 aliphatic heterocycles. The fourth-order valence-corrected chi connectivity index (χ4v) is 2.06. The minimum atomic E-state index is -4.73. The van der Waals surface area contributed by atoms with Gasteiger partial charge in [-0.1, -0.05) is 12.1 Å². The Morgan fingerprint density at radius 1 is 1.10 bits per heavy atom. The van der Waals surface area contributed by atoms with Gasteiger partial charge >= 0.3 is 6.36 Å². The third kappa shape index (κ3) is 6.77. The number of rotatable bonds is 8. The molecule has 0 aromatic heterocycles. The number of methoxy groups -OCH3 is 1. The molecule has 1 atom stereocenters. The number of alkyl halides is 4. The highest BCUT2D eigenvalue weighted by Gasteiger charge is 2.32.